The van der Waals surface area contributed by atoms with Gasteiger partial charge in [0.05, 0.1) is 5.60 Å². The Bertz CT molecular complexity index is 862. The van der Waals surface area contributed by atoms with Crippen LogP contribution in [0.4, 0.5) is 0 Å². The van der Waals surface area contributed by atoms with E-state index in [4.69, 9.17) is 0 Å². The van der Waals surface area contributed by atoms with Crippen molar-refractivity contribution in [2.45, 2.75) is 69.6 Å². The number of rotatable bonds is 2. The van der Waals surface area contributed by atoms with E-state index in [1.54, 1.807) is 0 Å². The minimum absolute atomic E-state index is 0.0557. The molecule has 1 aliphatic carbocycles. The molecule has 3 unspecified atom stereocenters. The first-order valence-electron chi connectivity index (χ1n) is 10.8. The quantitative estimate of drug-likeness (QED) is 0.869. The fraction of sp³-hybridized carbons (Fsp3) is 0.565. The third-order valence-electron chi connectivity index (χ3n) is 7.21. The number of aliphatic hydroxyl groups is 1. The van der Waals surface area contributed by atoms with Crippen molar-refractivity contribution in [1.82, 2.24) is 14.5 Å². The van der Waals surface area contributed by atoms with Crippen LogP contribution in [0.15, 0.2) is 36.5 Å². The zero-order chi connectivity index (χ0) is 19.1. The van der Waals surface area contributed by atoms with E-state index in [2.05, 4.69) is 9.55 Å². The molecule has 0 bridgehead atoms. The third-order valence-corrected chi connectivity index (χ3v) is 7.21. The van der Waals surface area contributed by atoms with Gasteiger partial charge >= 0.3 is 0 Å². The van der Waals surface area contributed by atoms with Crippen molar-refractivity contribution in [3.05, 3.63) is 53.6 Å². The van der Waals surface area contributed by atoms with Gasteiger partial charge in [-0.25, -0.2) is 4.98 Å². The summed E-state index contributed by atoms with van der Waals surface area (Å²) in [4.78, 5) is 20.0. The fourth-order valence-electron chi connectivity index (χ4n) is 5.76. The number of amides is 1. The molecule has 2 fully saturated rings. The van der Waals surface area contributed by atoms with Crippen LogP contribution in [0.5, 0.6) is 0 Å². The lowest BCUT2D eigenvalue weighted by Crippen LogP contribution is -2.59. The molecule has 1 aromatic heterocycles. The van der Waals surface area contributed by atoms with E-state index in [1.807, 2.05) is 41.4 Å². The van der Waals surface area contributed by atoms with E-state index in [0.717, 1.165) is 50.6 Å². The van der Waals surface area contributed by atoms with Crippen LogP contribution in [0.3, 0.4) is 0 Å². The van der Waals surface area contributed by atoms with Gasteiger partial charge in [0.25, 0.3) is 5.91 Å². The molecule has 3 aliphatic rings. The van der Waals surface area contributed by atoms with Gasteiger partial charge in [0.2, 0.25) is 0 Å². The molecule has 1 saturated heterocycles. The monoisotopic (exact) mass is 379 g/mol. The number of aryl methyl sites for hydroxylation is 1. The molecule has 5 nitrogen and oxygen atoms in total. The summed E-state index contributed by atoms with van der Waals surface area (Å²) >= 11 is 0. The van der Waals surface area contributed by atoms with E-state index in [-0.39, 0.29) is 17.9 Å². The van der Waals surface area contributed by atoms with Crippen molar-refractivity contribution in [1.29, 1.82) is 0 Å². The van der Waals surface area contributed by atoms with Gasteiger partial charge in [-0.2, -0.15) is 0 Å². The van der Waals surface area contributed by atoms with Gasteiger partial charge in [0, 0.05) is 36.9 Å². The average Bonchev–Trinajstić information content (AvgIpc) is 3.19. The van der Waals surface area contributed by atoms with Crippen LogP contribution < -0.4 is 0 Å². The maximum absolute atomic E-state index is 13.5. The molecule has 28 heavy (non-hydrogen) atoms. The number of hydrogen-bond acceptors (Lipinski definition) is 3. The van der Waals surface area contributed by atoms with Gasteiger partial charge in [0.1, 0.15) is 0 Å². The van der Waals surface area contributed by atoms with Crippen molar-refractivity contribution in [2.24, 2.45) is 5.92 Å². The average molecular weight is 380 g/mol. The Morgan fingerprint density at radius 1 is 1.07 bits per heavy atom. The van der Waals surface area contributed by atoms with E-state index in [0.29, 0.717) is 18.8 Å². The number of carbonyl (C=O) groups is 1. The van der Waals surface area contributed by atoms with Crippen molar-refractivity contribution < 1.29 is 9.90 Å². The predicted octanol–water partition coefficient (Wildman–Crippen LogP) is 3.51. The number of nitrogens with zero attached hydrogens (tertiary/aromatic N) is 3. The summed E-state index contributed by atoms with van der Waals surface area (Å²) in [7, 11) is 0. The maximum Gasteiger partial charge on any atom is 0.290 e. The van der Waals surface area contributed by atoms with Crippen LogP contribution in [0.2, 0.25) is 0 Å². The van der Waals surface area contributed by atoms with E-state index in [9.17, 15) is 9.90 Å². The fourth-order valence-corrected chi connectivity index (χ4v) is 5.76. The number of benzene rings is 1. The van der Waals surface area contributed by atoms with Crippen molar-refractivity contribution >= 4 is 5.91 Å². The van der Waals surface area contributed by atoms with Crippen LogP contribution in [0.25, 0.3) is 0 Å². The van der Waals surface area contributed by atoms with Crippen molar-refractivity contribution in [3.8, 4) is 0 Å². The van der Waals surface area contributed by atoms with Gasteiger partial charge in [-0.15, -0.1) is 0 Å². The number of hydrogen-bond donors (Lipinski definition) is 1. The first kappa shape index (κ1) is 17.9. The molecule has 1 aromatic carbocycles. The van der Waals surface area contributed by atoms with E-state index in [1.165, 1.54) is 12.1 Å². The SMILES string of the molecule is O=C(c1ncc2n1CCCC2)N1CCC(O)(c2ccccc2)C2CCCCC21. The summed E-state index contributed by atoms with van der Waals surface area (Å²) in [6, 6.07) is 10.2. The number of piperidine rings is 1. The Balaban J connectivity index is 1.46. The second-order valence-corrected chi connectivity index (χ2v) is 8.68. The minimum atomic E-state index is -0.838. The number of imidazole rings is 1. The Morgan fingerprint density at radius 2 is 1.89 bits per heavy atom. The molecule has 2 aliphatic heterocycles. The number of likely N-dealkylation sites (tertiary alicyclic amines) is 1. The highest BCUT2D eigenvalue weighted by atomic mass is 16.3. The van der Waals surface area contributed by atoms with E-state index < -0.39 is 5.60 Å². The highest BCUT2D eigenvalue weighted by Crippen LogP contribution is 2.47. The number of aromatic nitrogens is 2. The number of carbonyl (C=O) groups excluding carboxylic acids is 1. The first-order valence-corrected chi connectivity index (χ1v) is 10.8. The van der Waals surface area contributed by atoms with Crippen LogP contribution in [-0.4, -0.2) is 38.1 Å². The molecule has 1 saturated carbocycles. The molecular weight excluding hydrogens is 350 g/mol. The summed E-state index contributed by atoms with van der Waals surface area (Å²) in [5.74, 6) is 0.751. The lowest BCUT2D eigenvalue weighted by Gasteiger charge is -2.52. The molecule has 148 valence electrons. The summed E-state index contributed by atoms with van der Waals surface area (Å²) < 4.78 is 2.13. The molecule has 2 aromatic rings. The van der Waals surface area contributed by atoms with Gasteiger partial charge in [-0.05, 0) is 44.1 Å². The lowest BCUT2D eigenvalue weighted by atomic mass is 9.66. The predicted molar refractivity (Wildman–Crippen MR) is 107 cm³/mol. The van der Waals surface area contributed by atoms with Crippen molar-refractivity contribution in [2.75, 3.05) is 6.54 Å². The van der Waals surface area contributed by atoms with Gasteiger partial charge in [-0.3, -0.25) is 4.79 Å². The topological polar surface area (TPSA) is 58.4 Å². The van der Waals surface area contributed by atoms with E-state index >= 15 is 0 Å². The second-order valence-electron chi connectivity index (χ2n) is 8.68. The Labute approximate surface area is 166 Å². The molecule has 3 heterocycles. The Hall–Kier alpha value is -2.14. The summed E-state index contributed by atoms with van der Waals surface area (Å²) in [6.07, 6.45) is 9.97. The van der Waals surface area contributed by atoms with Crippen LogP contribution in [-0.2, 0) is 18.6 Å². The van der Waals surface area contributed by atoms with Gasteiger partial charge < -0.3 is 14.6 Å². The largest absolute Gasteiger partial charge is 0.385 e. The van der Waals surface area contributed by atoms with Gasteiger partial charge in [-0.1, -0.05) is 43.2 Å². The molecule has 5 heteroatoms. The third kappa shape index (κ3) is 2.79. The molecule has 0 spiro atoms. The minimum Gasteiger partial charge on any atom is -0.385 e. The molecular formula is C23H29N3O2. The Morgan fingerprint density at radius 3 is 2.75 bits per heavy atom. The normalized spacial score (nSPS) is 29.8. The van der Waals surface area contributed by atoms with Crippen LogP contribution in [0.1, 0.15) is 66.8 Å². The second kappa shape index (κ2) is 7.03. The van der Waals surface area contributed by atoms with Crippen molar-refractivity contribution in [3.63, 3.8) is 0 Å². The smallest absolute Gasteiger partial charge is 0.290 e. The van der Waals surface area contributed by atoms with Crippen LogP contribution >= 0.6 is 0 Å². The lowest BCUT2D eigenvalue weighted by molar-refractivity contribution is -0.110. The molecule has 5 rings (SSSR count). The van der Waals surface area contributed by atoms with Crippen LogP contribution in [0, 0.1) is 5.92 Å². The molecule has 3 atom stereocenters. The highest BCUT2D eigenvalue weighted by Gasteiger charge is 2.50. The highest BCUT2D eigenvalue weighted by molar-refractivity contribution is 5.91. The Kier molecular flexibility index (Phi) is 4.50. The summed E-state index contributed by atoms with van der Waals surface area (Å²) in [5.41, 5.74) is 1.35. The maximum atomic E-state index is 13.5. The molecule has 1 amide bonds. The first-order chi connectivity index (χ1) is 13.7. The zero-order valence-corrected chi connectivity index (χ0v) is 16.4. The molecule has 0 radical (unpaired) electrons. The number of fused-ring (bicyclic) bond motifs is 2. The summed E-state index contributed by atoms with van der Waals surface area (Å²) in [6.45, 7) is 1.49. The summed E-state index contributed by atoms with van der Waals surface area (Å²) in [5, 5.41) is 11.7. The standard InChI is InChI=1S/C23H29N3O2/c27-22(21-24-16-18-10-6-7-14-25(18)21)26-15-13-23(28,17-8-2-1-3-9-17)19-11-4-5-12-20(19)26/h1-3,8-9,16,19-20,28H,4-7,10-15H2. The molecule has 1 N–H and O–H groups in total. The zero-order valence-electron chi connectivity index (χ0n) is 16.4. The van der Waals surface area contributed by atoms with Gasteiger partial charge in [0.15, 0.2) is 5.82 Å².